The Kier molecular flexibility index (Phi) is 5.13. The predicted molar refractivity (Wildman–Crippen MR) is 79.3 cm³/mol. The highest BCUT2D eigenvalue weighted by molar-refractivity contribution is 5.96. The van der Waals surface area contributed by atoms with Crippen molar-refractivity contribution >= 4 is 5.91 Å². The van der Waals surface area contributed by atoms with Crippen LogP contribution >= 0.6 is 0 Å². The Bertz CT molecular complexity index is 661. The molecule has 2 aromatic heterocycles. The zero-order valence-electron chi connectivity index (χ0n) is 12.6. The Hall–Kier alpha value is -2.83. The molecule has 1 amide bonds. The minimum absolute atomic E-state index is 0.204. The topological polar surface area (TPSA) is 82.6 Å². The zero-order valence-corrected chi connectivity index (χ0v) is 12.6. The van der Waals surface area contributed by atoms with Crippen LogP contribution in [0.3, 0.4) is 0 Å². The third-order valence-corrected chi connectivity index (χ3v) is 2.96. The van der Waals surface area contributed by atoms with E-state index in [1.54, 1.807) is 24.4 Å². The van der Waals surface area contributed by atoms with Gasteiger partial charge in [-0.1, -0.05) is 6.07 Å². The molecule has 0 atom stereocenters. The fourth-order valence-electron chi connectivity index (χ4n) is 1.88. The van der Waals surface area contributed by atoms with Crippen LogP contribution in [0, 0.1) is 0 Å². The first kappa shape index (κ1) is 15.6. The minimum atomic E-state index is -0.307. The normalized spacial score (nSPS) is 9.95. The highest BCUT2D eigenvalue weighted by Gasteiger charge is 2.15. The van der Waals surface area contributed by atoms with Gasteiger partial charge in [-0.3, -0.25) is 4.79 Å². The SMILES string of the molecule is COc1ccc(C(=O)NCc2cccnc2OC)c(OC)n1. The average molecular weight is 303 g/mol. The quantitative estimate of drug-likeness (QED) is 0.869. The van der Waals surface area contributed by atoms with Gasteiger partial charge in [-0.2, -0.15) is 4.98 Å². The molecule has 0 aliphatic rings. The van der Waals surface area contributed by atoms with Crippen molar-refractivity contribution in [3.63, 3.8) is 0 Å². The maximum Gasteiger partial charge on any atom is 0.257 e. The number of rotatable bonds is 6. The fraction of sp³-hybridized carbons (Fsp3) is 0.267. The Morgan fingerprint density at radius 1 is 1.09 bits per heavy atom. The summed E-state index contributed by atoms with van der Waals surface area (Å²) in [6, 6.07) is 6.80. The van der Waals surface area contributed by atoms with Crippen molar-refractivity contribution in [2.75, 3.05) is 21.3 Å². The number of amides is 1. The van der Waals surface area contributed by atoms with E-state index in [4.69, 9.17) is 14.2 Å². The van der Waals surface area contributed by atoms with Crippen molar-refractivity contribution in [1.82, 2.24) is 15.3 Å². The van der Waals surface area contributed by atoms with Crippen LogP contribution in [0.15, 0.2) is 30.5 Å². The number of hydrogen-bond donors (Lipinski definition) is 1. The van der Waals surface area contributed by atoms with Crippen molar-refractivity contribution in [2.45, 2.75) is 6.54 Å². The van der Waals surface area contributed by atoms with Crippen LogP contribution in [0.4, 0.5) is 0 Å². The van der Waals surface area contributed by atoms with Crippen molar-refractivity contribution < 1.29 is 19.0 Å². The molecule has 22 heavy (non-hydrogen) atoms. The van der Waals surface area contributed by atoms with E-state index >= 15 is 0 Å². The van der Waals surface area contributed by atoms with Gasteiger partial charge in [0, 0.05) is 24.4 Å². The van der Waals surface area contributed by atoms with E-state index in [0.717, 1.165) is 5.56 Å². The second-order valence-corrected chi connectivity index (χ2v) is 4.26. The molecule has 0 aliphatic heterocycles. The van der Waals surface area contributed by atoms with Crippen molar-refractivity contribution in [1.29, 1.82) is 0 Å². The molecule has 2 aromatic rings. The first-order valence-corrected chi connectivity index (χ1v) is 6.54. The Morgan fingerprint density at radius 3 is 2.55 bits per heavy atom. The fourth-order valence-corrected chi connectivity index (χ4v) is 1.88. The first-order valence-electron chi connectivity index (χ1n) is 6.54. The number of aromatic nitrogens is 2. The number of carbonyl (C=O) groups excluding carboxylic acids is 1. The molecule has 0 radical (unpaired) electrons. The van der Waals surface area contributed by atoms with E-state index in [1.807, 2.05) is 6.07 Å². The maximum absolute atomic E-state index is 12.3. The van der Waals surface area contributed by atoms with Crippen LogP contribution in [0.25, 0.3) is 0 Å². The molecule has 0 saturated carbocycles. The maximum atomic E-state index is 12.3. The van der Waals surface area contributed by atoms with Crippen LogP contribution in [0.2, 0.25) is 0 Å². The summed E-state index contributed by atoms with van der Waals surface area (Å²) in [5.74, 6) is 0.748. The van der Waals surface area contributed by atoms with Crippen LogP contribution in [0.1, 0.15) is 15.9 Å². The zero-order chi connectivity index (χ0) is 15.9. The van der Waals surface area contributed by atoms with E-state index in [-0.39, 0.29) is 18.3 Å². The summed E-state index contributed by atoms with van der Waals surface area (Å²) in [6.45, 7) is 0.283. The average Bonchev–Trinajstić information content (AvgIpc) is 2.59. The van der Waals surface area contributed by atoms with Gasteiger partial charge in [0.1, 0.15) is 5.56 Å². The largest absolute Gasteiger partial charge is 0.481 e. The second kappa shape index (κ2) is 7.26. The van der Waals surface area contributed by atoms with E-state index < -0.39 is 0 Å². The van der Waals surface area contributed by atoms with Gasteiger partial charge in [0.05, 0.1) is 21.3 Å². The van der Waals surface area contributed by atoms with E-state index in [9.17, 15) is 4.79 Å². The molecule has 2 rings (SSSR count). The molecule has 0 fully saturated rings. The molecule has 116 valence electrons. The molecule has 1 N–H and O–H groups in total. The van der Waals surface area contributed by atoms with Gasteiger partial charge >= 0.3 is 0 Å². The van der Waals surface area contributed by atoms with Crippen LogP contribution in [-0.2, 0) is 6.54 Å². The molecule has 0 saturated heterocycles. The molecule has 0 bridgehead atoms. The number of ether oxygens (including phenoxy) is 3. The number of pyridine rings is 2. The lowest BCUT2D eigenvalue weighted by Gasteiger charge is -2.11. The van der Waals surface area contributed by atoms with Gasteiger partial charge in [-0.15, -0.1) is 0 Å². The smallest absolute Gasteiger partial charge is 0.257 e. The highest BCUT2D eigenvalue weighted by atomic mass is 16.5. The van der Waals surface area contributed by atoms with Gasteiger partial charge in [-0.25, -0.2) is 4.98 Å². The number of methoxy groups -OCH3 is 3. The van der Waals surface area contributed by atoms with E-state index in [1.165, 1.54) is 21.3 Å². The summed E-state index contributed by atoms with van der Waals surface area (Å²) in [4.78, 5) is 20.4. The number of nitrogens with zero attached hydrogens (tertiary/aromatic N) is 2. The molecule has 0 aromatic carbocycles. The van der Waals surface area contributed by atoms with Gasteiger partial charge in [0.25, 0.3) is 5.91 Å². The van der Waals surface area contributed by atoms with Crippen LogP contribution in [0.5, 0.6) is 17.6 Å². The molecule has 0 aliphatic carbocycles. The molecule has 7 heteroatoms. The van der Waals surface area contributed by atoms with Gasteiger partial charge < -0.3 is 19.5 Å². The van der Waals surface area contributed by atoms with Crippen LogP contribution < -0.4 is 19.5 Å². The van der Waals surface area contributed by atoms with Crippen molar-refractivity contribution in [3.05, 3.63) is 41.6 Å². The number of hydrogen-bond acceptors (Lipinski definition) is 6. The molecular formula is C15H17N3O4. The van der Waals surface area contributed by atoms with Gasteiger partial charge in [0.15, 0.2) is 0 Å². The molecule has 7 nitrogen and oxygen atoms in total. The molecule has 0 spiro atoms. The monoisotopic (exact) mass is 303 g/mol. The van der Waals surface area contributed by atoms with E-state index in [0.29, 0.717) is 17.3 Å². The van der Waals surface area contributed by atoms with E-state index in [2.05, 4.69) is 15.3 Å². The van der Waals surface area contributed by atoms with Crippen LogP contribution in [-0.4, -0.2) is 37.2 Å². The summed E-state index contributed by atoms with van der Waals surface area (Å²) >= 11 is 0. The predicted octanol–water partition coefficient (Wildman–Crippen LogP) is 1.43. The summed E-state index contributed by atoms with van der Waals surface area (Å²) in [6.07, 6.45) is 1.63. The number of carbonyl (C=O) groups is 1. The molecule has 0 unspecified atom stereocenters. The Labute approximate surface area is 128 Å². The van der Waals surface area contributed by atoms with Crippen molar-refractivity contribution in [3.8, 4) is 17.6 Å². The van der Waals surface area contributed by atoms with Gasteiger partial charge in [-0.05, 0) is 12.1 Å². The standard InChI is InChI=1S/C15H17N3O4/c1-20-12-7-6-11(15(18-12)22-3)13(19)17-9-10-5-4-8-16-14(10)21-2/h4-8H,9H2,1-3H3,(H,17,19). The highest BCUT2D eigenvalue weighted by Crippen LogP contribution is 2.20. The van der Waals surface area contributed by atoms with Gasteiger partial charge in [0.2, 0.25) is 17.6 Å². The third kappa shape index (κ3) is 3.43. The lowest BCUT2D eigenvalue weighted by Crippen LogP contribution is -2.24. The first-order chi connectivity index (χ1) is 10.7. The molecular weight excluding hydrogens is 286 g/mol. The summed E-state index contributed by atoms with van der Waals surface area (Å²) < 4.78 is 15.3. The molecule has 2 heterocycles. The summed E-state index contributed by atoms with van der Waals surface area (Å²) in [5.41, 5.74) is 1.10. The number of nitrogens with one attached hydrogen (secondary N) is 1. The third-order valence-electron chi connectivity index (χ3n) is 2.96. The Balaban J connectivity index is 2.12. The summed E-state index contributed by atoms with van der Waals surface area (Å²) in [7, 11) is 4.48. The Morgan fingerprint density at radius 2 is 1.86 bits per heavy atom. The minimum Gasteiger partial charge on any atom is -0.481 e. The van der Waals surface area contributed by atoms with Crippen molar-refractivity contribution in [2.24, 2.45) is 0 Å². The summed E-state index contributed by atoms with van der Waals surface area (Å²) in [5, 5.41) is 2.78. The second-order valence-electron chi connectivity index (χ2n) is 4.26. The lowest BCUT2D eigenvalue weighted by molar-refractivity contribution is 0.0946. The lowest BCUT2D eigenvalue weighted by atomic mass is 10.2.